The van der Waals surface area contributed by atoms with Crippen molar-refractivity contribution >= 4 is 0 Å². The van der Waals surface area contributed by atoms with Crippen molar-refractivity contribution in [1.29, 1.82) is 0 Å². The fourth-order valence-corrected chi connectivity index (χ4v) is 3.27. The molecule has 1 aliphatic heterocycles. The Morgan fingerprint density at radius 1 is 1.13 bits per heavy atom. The fraction of sp³-hybridized carbons (Fsp3) is 0.667. The summed E-state index contributed by atoms with van der Waals surface area (Å²) in [6.45, 7) is 5.30. The first-order valence-electron chi connectivity index (χ1n) is 8.34. The summed E-state index contributed by atoms with van der Waals surface area (Å²) >= 11 is 0. The molecule has 0 aromatic heterocycles. The van der Waals surface area contributed by atoms with Crippen LogP contribution in [0.5, 0.6) is 17.2 Å². The number of ether oxygens (including phenoxy) is 3. The Hall–Kier alpha value is -1.46. The average molecular weight is 323 g/mol. The van der Waals surface area contributed by atoms with Gasteiger partial charge in [-0.2, -0.15) is 0 Å². The number of β-amino-alcohol motifs (C(OH)–C–C–N with tert-alkyl or cyclic N) is 1. The molecule has 1 aromatic rings. The van der Waals surface area contributed by atoms with E-state index in [-0.39, 0.29) is 6.61 Å². The van der Waals surface area contributed by atoms with Crippen molar-refractivity contribution in [2.24, 2.45) is 0 Å². The SMILES string of the molecule is COc1cccc(OC)c1OC[C@H](O)CN1[C@H](C)CCC[C@H]1C. The minimum atomic E-state index is -0.549. The molecule has 1 aromatic carbocycles. The summed E-state index contributed by atoms with van der Waals surface area (Å²) in [6.07, 6.45) is 3.10. The average Bonchev–Trinajstić information content (AvgIpc) is 2.56. The van der Waals surface area contributed by atoms with Gasteiger partial charge >= 0.3 is 0 Å². The van der Waals surface area contributed by atoms with Crippen LogP contribution >= 0.6 is 0 Å². The minimum absolute atomic E-state index is 0.215. The summed E-state index contributed by atoms with van der Waals surface area (Å²) in [5.41, 5.74) is 0. The van der Waals surface area contributed by atoms with Gasteiger partial charge in [-0.3, -0.25) is 4.90 Å². The first kappa shape index (κ1) is 17.9. The molecule has 0 spiro atoms. The van der Waals surface area contributed by atoms with Gasteiger partial charge in [0.2, 0.25) is 5.75 Å². The van der Waals surface area contributed by atoms with Crippen molar-refractivity contribution < 1.29 is 19.3 Å². The number of para-hydroxylation sites is 1. The minimum Gasteiger partial charge on any atom is -0.493 e. The van der Waals surface area contributed by atoms with Crippen LogP contribution in [0.25, 0.3) is 0 Å². The van der Waals surface area contributed by atoms with Crippen molar-refractivity contribution in [3.63, 3.8) is 0 Å². The first-order chi connectivity index (χ1) is 11.1. The maximum atomic E-state index is 10.4. The van der Waals surface area contributed by atoms with Gasteiger partial charge in [0, 0.05) is 18.6 Å². The van der Waals surface area contributed by atoms with Crippen LogP contribution in [0.2, 0.25) is 0 Å². The van der Waals surface area contributed by atoms with Crippen LogP contribution in [0.15, 0.2) is 18.2 Å². The standard InChI is InChI=1S/C18H29NO4/c1-13-7-5-8-14(2)19(13)11-15(20)12-23-18-16(21-3)9-6-10-17(18)22-4/h6,9-10,13-15,20H,5,7-8,11-12H2,1-4H3/t13-,14-,15-/m1/s1. The number of benzene rings is 1. The molecule has 1 heterocycles. The maximum Gasteiger partial charge on any atom is 0.203 e. The van der Waals surface area contributed by atoms with E-state index in [0.29, 0.717) is 35.9 Å². The lowest BCUT2D eigenvalue weighted by molar-refractivity contribution is 0.0200. The first-order valence-corrected chi connectivity index (χ1v) is 8.34. The molecule has 2 rings (SSSR count). The summed E-state index contributed by atoms with van der Waals surface area (Å²) < 4.78 is 16.4. The lowest BCUT2D eigenvalue weighted by atomic mass is 9.97. The van der Waals surface area contributed by atoms with Gasteiger partial charge in [0.15, 0.2) is 11.5 Å². The van der Waals surface area contributed by atoms with Crippen molar-refractivity contribution in [1.82, 2.24) is 4.90 Å². The van der Waals surface area contributed by atoms with E-state index in [1.54, 1.807) is 14.2 Å². The second-order valence-corrected chi connectivity index (χ2v) is 6.28. The lowest BCUT2D eigenvalue weighted by Gasteiger charge is -2.40. The number of hydrogen-bond donors (Lipinski definition) is 1. The number of hydrogen-bond acceptors (Lipinski definition) is 5. The summed E-state index contributed by atoms with van der Waals surface area (Å²) in [7, 11) is 3.18. The maximum absolute atomic E-state index is 10.4. The molecule has 0 radical (unpaired) electrons. The van der Waals surface area contributed by atoms with Gasteiger partial charge < -0.3 is 19.3 Å². The predicted octanol–water partition coefficient (Wildman–Crippen LogP) is 2.71. The summed E-state index contributed by atoms with van der Waals surface area (Å²) in [4.78, 5) is 2.37. The third kappa shape index (κ3) is 4.52. The van der Waals surface area contributed by atoms with Crippen LogP contribution in [-0.4, -0.2) is 55.6 Å². The van der Waals surface area contributed by atoms with E-state index < -0.39 is 6.10 Å². The summed E-state index contributed by atoms with van der Waals surface area (Å²) in [5, 5.41) is 10.4. The van der Waals surface area contributed by atoms with Crippen LogP contribution < -0.4 is 14.2 Å². The van der Waals surface area contributed by atoms with Gasteiger partial charge in [0.05, 0.1) is 14.2 Å². The molecule has 0 aliphatic carbocycles. The summed E-state index contributed by atoms with van der Waals surface area (Å²) in [5.74, 6) is 1.75. The van der Waals surface area contributed by atoms with E-state index in [1.165, 1.54) is 19.3 Å². The molecule has 1 saturated heterocycles. The quantitative estimate of drug-likeness (QED) is 0.836. The Balaban J connectivity index is 1.95. The number of likely N-dealkylation sites (tertiary alicyclic amines) is 1. The molecule has 130 valence electrons. The van der Waals surface area contributed by atoms with E-state index in [1.807, 2.05) is 18.2 Å². The molecular formula is C18H29NO4. The molecule has 1 N–H and O–H groups in total. The van der Waals surface area contributed by atoms with E-state index in [4.69, 9.17) is 14.2 Å². The zero-order valence-electron chi connectivity index (χ0n) is 14.6. The van der Waals surface area contributed by atoms with Crippen LogP contribution in [0.1, 0.15) is 33.1 Å². The van der Waals surface area contributed by atoms with Crippen LogP contribution in [0, 0.1) is 0 Å². The normalized spacial score (nSPS) is 23.3. The van der Waals surface area contributed by atoms with Crippen LogP contribution in [0.4, 0.5) is 0 Å². The third-order valence-corrected chi connectivity index (χ3v) is 4.60. The molecule has 0 bridgehead atoms. The van der Waals surface area contributed by atoms with E-state index in [0.717, 1.165) is 0 Å². The number of methoxy groups -OCH3 is 2. The van der Waals surface area contributed by atoms with E-state index in [9.17, 15) is 5.11 Å². The fourth-order valence-electron chi connectivity index (χ4n) is 3.27. The number of aliphatic hydroxyl groups excluding tert-OH is 1. The number of aliphatic hydroxyl groups is 1. The van der Waals surface area contributed by atoms with Gasteiger partial charge in [0.1, 0.15) is 12.7 Å². The summed E-state index contributed by atoms with van der Waals surface area (Å²) in [6, 6.07) is 6.50. The molecule has 5 heteroatoms. The Morgan fingerprint density at radius 3 is 2.22 bits per heavy atom. The highest BCUT2D eigenvalue weighted by atomic mass is 16.5. The molecule has 5 nitrogen and oxygen atoms in total. The van der Waals surface area contributed by atoms with Gasteiger partial charge in [-0.25, -0.2) is 0 Å². The monoisotopic (exact) mass is 323 g/mol. The van der Waals surface area contributed by atoms with Gasteiger partial charge in [0.25, 0.3) is 0 Å². The molecule has 1 aliphatic rings. The van der Waals surface area contributed by atoms with Gasteiger partial charge in [-0.15, -0.1) is 0 Å². The molecule has 23 heavy (non-hydrogen) atoms. The van der Waals surface area contributed by atoms with E-state index in [2.05, 4.69) is 18.7 Å². The molecule has 0 unspecified atom stereocenters. The Labute approximate surface area is 139 Å². The highest BCUT2D eigenvalue weighted by molar-refractivity contribution is 5.51. The predicted molar refractivity (Wildman–Crippen MR) is 90.5 cm³/mol. The second kappa shape index (κ2) is 8.41. The van der Waals surface area contributed by atoms with Crippen molar-refractivity contribution in [3.05, 3.63) is 18.2 Å². The smallest absolute Gasteiger partial charge is 0.203 e. The Kier molecular flexibility index (Phi) is 6.54. The molecule has 0 amide bonds. The highest BCUT2D eigenvalue weighted by Crippen LogP contribution is 2.36. The number of nitrogens with zero attached hydrogens (tertiary/aromatic N) is 1. The van der Waals surface area contributed by atoms with Crippen LogP contribution in [0.3, 0.4) is 0 Å². The topological polar surface area (TPSA) is 51.2 Å². The van der Waals surface area contributed by atoms with Crippen molar-refractivity contribution in [2.45, 2.75) is 51.3 Å². The third-order valence-electron chi connectivity index (χ3n) is 4.60. The van der Waals surface area contributed by atoms with Gasteiger partial charge in [-0.05, 0) is 38.8 Å². The van der Waals surface area contributed by atoms with E-state index >= 15 is 0 Å². The zero-order valence-corrected chi connectivity index (χ0v) is 14.6. The zero-order chi connectivity index (χ0) is 16.8. The largest absolute Gasteiger partial charge is 0.493 e. The highest BCUT2D eigenvalue weighted by Gasteiger charge is 2.26. The Morgan fingerprint density at radius 2 is 1.70 bits per heavy atom. The van der Waals surface area contributed by atoms with Gasteiger partial charge in [-0.1, -0.05) is 12.5 Å². The molecule has 3 atom stereocenters. The molecule has 0 saturated carbocycles. The van der Waals surface area contributed by atoms with Crippen molar-refractivity contribution in [2.75, 3.05) is 27.4 Å². The number of rotatable bonds is 7. The van der Waals surface area contributed by atoms with Crippen molar-refractivity contribution in [3.8, 4) is 17.2 Å². The van der Waals surface area contributed by atoms with Crippen LogP contribution in [-0.2, 0) is 0 Å². The lowest BCUT2D eigenvalue weighted by Crippen LogP contribution is -2.48. The molecular weight excluding hydrogens is 294 g/mol. The number of piperidine rings is 1. The second-order valence-electron chi connectivity index (χ2n) is 6.28. The molecule has 1 fully saturated rings. The Bertz CT molecular complexity index is 462.